The fourth-order valence-corrected chi connectivity index (χ4v) is 6.03. The van der Waals surface area contributed by atoms with Crippen LogP contribution in [0.1, 0.15) is 42.6 Å². The Labute approximate surface area is 203 Å². The number of carbonyl (C=O) groups is 2. The summed E-state index contributed by atoms with van der Waals surface area (Å²) in [5, 5.41) is 14.3. The molecule has 1 heterocycles. The maximum atomic E-state index is 13.6. The summed E-state index contributed by atoms with van der Waals surface area (Å²) in [4.78, 5) is 26.6. The van der Waals surface area contributed by atoms with Gasteiger partial charge in [0.15, 0.2) is 11.6 Å². The van der Waals surface area contributed by atoms with Crippen molar-refractivity contribution in [3.63, 3.8) is 0 Å². The molecule has 1 unspecified atom stereocenters. The minimum atomic E-state index is -4.40. The molecule has 4 rings (SSSR count). The van der Waals surface area contributed by atoms with Crippen molar-refractivity contribution in [2.45, 2.75) is 37.2 Å². The van der Waals surface area contributed by atoms with Gasteiger partial charge in [-0.05, 0) is 37.0 Å². The second-order valence-electron chi connectivity index (χ2n) is 9.16. The molecule has 0 radical (unpaired) electrons. The Bertz CT molecular complexity index is 1480. The molecule has 1 aliphatic heterocycles. The Morgan fingerprint density at radius 2 is 1.86 bits per heavy atom. The second-order valence-corrected chi connectivity index (χ2v) is 12.5. The van der Waals surface area contributed by atoms with Crippen LogP contribution >= 0.6 is 0 Å². The quantitative estimate of drug-likeness (QED) is 0.490. The molecule has 0 spiro atoms. The number of aliphatic hydroxyl groups is 1. The van der Waals surface area contributed by atoms with Gasteiger partial charge in [0.1, 0.15) is 22.3 Å². The Hall–Kier alpha value is -3.09. The number of ketones is 2. The third-order valence-electron chi connectivity index (χ3n) is 5.97. The van der Waals surface area contributed by atoms with Crippen molar-refractivity contribution in [1.29, 1.82) is 0 Å². The molecule has 0 bridgehead atoms. The van der Waals surface area contributed by atoms with Crippen LogP contribution < -0.4 is 10.0 Å². The monoisotopic (exact) mass is 519 g/mol. The number of nitrogens with zero attached hydrogens (tertiary/aromatic N) is 1. The van der Waals surface area contributed by atoms with Crippen LogP contribution in [0.25, 0.3) is 0 Å². The summed E-state index contributed by atoms with van der Waals surface area (Å²) >= 11 is 0. The van der Waals surface area contributed by atoms with Crippen molar-refractivity contribution in [2.75, 3.05) is 16.3 Å². The van der Waals surface area contributed by atoms with Gasteiger partial charge >= 0.3 is 0 Å². The zero-order valence-corrected chi connectivity index (χ0v) is 20.9. The lowest BCUT2D eigenvalue weighted by atomic mass is 9.69. The summed E-state index contributed by atoms with van der Waals surface area (Å²) < 4.78 is 54.9. The van der Waals surface area contributed by atoms with Crippen molar-refractivity contribution in [3.05, 3.63) is 53.6 Å². The zero-order valence-electron chi connectivity index (χ0n) is 19.3. The Morgan fingerprint density at radius 3 is 2.51 bits per heavy atom. The van der Waals surface area contributed by atoms with E-state index in [2.05, 4.69) is 14.4 Å². The fraction of sp³-hybridized carbons (Fsp3) is 0.348. The SMILES string of the molecule is CC(C)CC[C@]1(O)C(=O)C(C2=NS(=O)(=O)c3cc(NS(C)(=O)=O)ccc3N2)C(=O)c2ccccc21. The average molecular weight is 520 g/mol. The van der Waals surface area contributed by atoms with Crippen LogP contribution in [-0.2, 0) is 30.4 Å². The van der Waals surface area contributed by atoms with Crippen molar-refractivity contribution in [3.8, 4) is 0 Å². The Balaban J connectivity index is 1.79. The Morgan fingerprint density at radius 1 is 1.17 bits per heavy atom. The van der Waals surface area contributed by atoms with Crippen LogP contribution in [0.5, 0.6) is 0 Å². The zero-order chi connectivity index (χ0) is 25.8. The number of amidine groups is 1. The van der Waals surface area contributed by atoms with E-state index in [1.54, 1.807) is 12.1 Å². The van der Waals surface area contributed by atoms with E-state index >= 15 is 0 Å². The van der Waals surface area contributed by atoms with Crippen molar-refractivity contribution in [2.24, 2.45) is 16.2 Å². The molecule has 2 aromatic rings. The lowest BCUT2D eigenvalue weighted by Crippen LogP contribution is -2.52. The van der Waals surface area contributed by atoms with E-state index in [9.17, 15) is 31.5 Å². The summed E-state index contributed by atoms with van der Waals surface area (Å²) in [5.74, 6) is -3.41. The summed E-state index contributed by atoms with van der Waals surface area (Å²) in [5.41, 5.74) is -1.63. The summed E-state index contributed by atoms with van der Waals surface area (Å²) in [7, 11) is -8.06. The highest BCUT2D eigenvalue weighted by Crippen LogP contribution is 2.41. The molecule has 10 nitrogen and oxygen atoms in total. The van der Waals surface area contributed by atoms with Crippen molar-refractivity contribution < 1.29 is 31.5 Å². The van der Waals surface area contributed by atoms with Crippen LogP contribution in [-0.4, -0.2) is 45.6 Å². The summed E-state index contributed by atoms with van der Waals surface area (Å²) in [6.45, 7) is 3.88. The van der Waals surface area contributed by atoms with Crippen LogP contribution in [0.3, 0.4) is 0 Å². The standard InChI is InChI=1S/C23H25N3O7S2/c1-13(2)10-11-23(29)16-7-5-4-6-15(16)20(27)19(21(23)28)22-24-17-9-8-14(25-34(3,30)31)12-18(17)35(32,33)26-22/h4-9,12-13,19,25,29H,10-11H2,1-3H3,(H,24,26)/t19?,23-/m1/s1. The van der Waals surface area contributed by atoms with Gasteiger partial charge in [-0.15, -0.1) is 4.40 Å². The number of sulfonamides is 2. The van der Waals surface area contributed by atoms with E-state index in [0.29, 0.717) is 6.42 Å². The van der Waals surface area contributed by atoms with Gasteiger partial charge in [-0.25, -0.2) is 8.42 Å². The molecule has 2 atom stereocenters. The molecule has 0 fully saturated rings. The topological polar surface area (TPSA) is 159 Å². The summed E-state index contributed by atoms with van der Waals surface area (Å²) in [6.07, 6.45) is 1.48. The molecular weight excluding hydrogens is 494 g/mol. The molecule has 12 heteroatoms. The van der Waals surface area contributed by atoms with E-state index in [1.807, 2.05) is 13.8 Å². The number of fused-ring (bicyclic) bond motifs is 2. The second kappa shape index (κ2) is 8.54. The van der Waals surface area contributed by atoms with Gasteiger partial charge in [0.05, 0.1) is 11.9 Å². The Kier molecular flexibility index (Phi) is 6.10. The number of Topliss-reactive ketones (excluding diaryl/α,β-unsaturated/α-hetero) is 2. The smallest absolute Gasteiger partial charge is 0.286 e. The third kappa shape index (κ3) is 4.60. The molecule has 0 aromatic heterocycles. The molecule has 0 saturated heterocycles. The minimum Gasteiger partial charge on any atom is -0.377 e. The van der Waals surface area contributed by atoms with Crippen LogP contribution in [0.15, 0.2) is 51.8 Å². The number of hydrogen-bond donors (Lipinski definition) is 3. The minimum absolute atomic E-state index is 0.0112. The lowest BCUT2D eigenvalue weighted by Gasteiger charge is -2.37. The molecule has 2 aliphatic rings. The first-order chi connectivity index (χ1) is 16.2. The molecule has 2 aromatic carbocycles. The van der Waals surface area contributed by atoms with Crippen molar-refractivity contribution in [1.82, 2.24) is 0 Å². The van der Waals surface area contributed by atoms with Gasteiger partial charge in [-0.2, -0.15) is 8.42 Å². The lowest BCUT2D eigenvalue weighted by molar-refractivity contribution is -0.141. The first kappa shape index (κ1) is 25.0. The molecule has 35 heavy (non-hydrogen) atoms. The van der Waals surface area contributed by atoms with E-state index in [1.165, 1.54) is 24.3 Å². The highest BCUT2D eigenvalue weighted by molar-refractivity contribution is 7.92. The molecule has 186 valence electrons. The van der Waals surface area contributed by atoms with Crippen LogP contribution in [0, 0.1) is 11.8 Å². The third-order valence-corrected chi connectivity index (χ3v) is 7.91. The number of carbonyl (C=O) groups excluding carboxylic acids is 2. The van der Waals surface area contributed by atoms with Gasteiger partial charge < -0.3 is 10.4 Å². The molecule has 3 N–H and O–H groups in total. The maximum Gasteiger partial charge on any atom is 0.286 e. The number of rotatable bonds is 6. The maximum absolute atomic E-state index is 13.6. The van der Waals surface area contributed by atoms with E-state index in [-0.39, 0.29) is 39.7 Å². The normalized spacial score (nSPS) is 23.2. The average Bonchev–Trinajstić information content (AvgIpc) is 2.76. The van der Waals surface area contributed by atoms with Crippen LogP contribution in [0.4, 0.5) is 11.4 Å². The number of anilines is 2. The first-order valence-electron chi connectivity index (χ1n) is 10.9. The van der Waals surface area contributed by atoms with Gasteiger partial charge in [-0.1, -0.05) is 38.1 Å². The summed E-state index contributed by atoms with van der Waals surface area (Å²) in [6, 6.07) is 9.99. The van der Waals surface area contributed by atoms with Crippen LogP contribution in [0.2, 0.25) is 0 Å². The van der Waals surface area contributed by atoms with E-state index in [4.69, 9.17) is 0 Å². The predicted molar refractivity (Wildman–Crippen MR) is 130 cm³/mol. The highest BCUT2D eigenvalue weighted by Gasteiger charge is 2.53. The van der Waals surface area contributed by atoms with Gasteiger partial charge in [0.2, 0.25) is 10.0 Å². The van der Waals surface area contributed by atoms with E-state index < -0.39 is 49.0 Å². The predicted octanol–water partition coefficient (Wildman–Crippen LogP) is 2.28. The number of hydrogen-bond acceptors (Lipinski definition) is 8. The van der Waals surface area contributed by atoms with E-state index in [0.717, 1.165) is 12.3 Å². The number of nitrogens with one attached hydrogen (secondary N) is 2. The molecule has 0 amide bonds. The molecule has 1 aliphatic carbocycles. The highest BCUT2D eigenvalue weighted by atomic mass is 32.2. The van der Waals surface area contributed by atoms with Crippen molar-refractivity contribution >= 4 is 48.8 Å². The van der Waals surface area contributed by atoms with Gasteiger partial charge in [0.25, 0.3) is 10.0 Å². The largest absolute Gasteiger partial charge is 0.377 e. The first-order valence-corrected chi connectivity index (χ1v) is 14.2. The fourth-order valence-electron chi connectivity index (χ4n) is 4.29. The van der Waals surface area contributed by atoms with Gasteiger partial charge in [0, 0.05) is 16.8 Å². The number of benzene rings is 2. The molecule has 0 saturated carbocycles. The molecular formula is C23H25N3O7S2. The van der Waals surface area contributed by atoms with Gasteiger partial charge in [-0.3, -0.25) is 14.3 Å².